The lowest BCUT2D eigenvalue weighted by atomic mass is 10.1. The number of anilines is 1. The average molecular weight is 319 g/mol. The third-order valence-corrected chi connectivity index (χ3v) is 3.60. The van der Waals surface area contributed by atoms with E-state index in [1.807, 2.05) is 13.2 Å². The number of thioether (sulfide) groups is 1. The Kier molecular flexibility index (Phi) is 6.05. The Hall–Kier alpha value is -1.51. The molecule has 0 aliphatic carbocycles. The lowest BCUT2D eigenvalue weighted by Gasteiger charge is -2.13. The lowest BCUT2D eigenvalue weighted by molar-refractivity contribution is -0.384. The van der Waals surface area contributed by atoms with Crippen LogP contribution in [0.15, 0.2) is 12.1 Å². The maximum atomic E-state index is 12.0. The predicted octanol–water partition coefficient (Wildman–Crippen LogP) is 2.02. The molecule has 7 nitrogen and oxygen atoms in total. The van der Waals surface area contributed by atoms with Crippen molar-refractivity contribution in [3.63, 3.8) is 0 Å². The van der Waals surface area contributed by atoms with Gasteiger partial charge in [0.05, 0.1) is 9.95 Å². The zero-order chi connectivity index (χ0) is 15.3. The number of halogens is 1. The lowest BCUT2D eigenvalue weighted by Crippen LogP contribution is -2.34. The first-order chi connectivity index (χ1) is 9.40. The number of hydrogen-bond donors (Lipinski definition) is 3. The predicted molar refractivity (Wildman–Crippen MR) is 81.2 cm³/mol. The molecule has 1 atom stereocenters. The molecular weight excluding hydrogens is 304 g/mol. The molecule has 0 saturated heterocycles. The SMILES string of the molecule is CSCC(C)NC(=O)c1cc(Cl)c(NN)c([N+](=O)[O-])c1. The van der Waals surface area contributed by atoms with Gasteiger partial charge in [-0.3, -0.25) is 20.8 Å². The van der Waals surface area contributed by atoms with E-state index < -0.39 is 10.8 Å². The number of nitro groups is 1. The number of nitrogens with zero attached hydrogens (tertiary/aromatic N) is 1. The third kappa shape index (κ3) is 3.99. The van der Waals surface area contributed by atoms with Crippen molar-refractivity contribution in [1.82, 2.24) is 5.32 Å². The highest BCUT2D eigenvalue weighted by atomic mass is 35.5. The van der Waals surface area contributed by atoms with E-state index in [0.717, 1.165) is 11.8 Å². The van der Waals surface area contributed by atoms with E-state index in [1.54, 1.807) is 11.8 Å². The molecule has 0 radical (unpaired) electrons. The second-order valence-corrected chi connectivity index (χ2v) is 5.40. The van der Waals surface area contributed by atoms with Crippen LogP contribution in [0.5, 0.6) is 0 Å². The van der Waals surface area contributed by atoms with Crippen LogP contribution in [0, 0.1) is 10.1 Å². The van der Waals surface area contributed by atoms with Gasteiger partial charge < -0.3 is 10.7 Å². The average Bonchev–Trinajstić information content (AvgIpc) is 2.37. The number of nitrogens with one attached hydrogen (secondary N) is 2. The Morgan fingerprint density at radius 3 is 2.75 bits per heavy atom. The fraction of sp³-hybridized carbons (Fsp3) is 0.364. The molecule has 9 heteroatoms. The Bertz CT molecular complexity index is 527. The minimum atomic E-state index is -0.650. The Morgan fingerprint density at radius 1 is 1.60 bits per heavy atom. The number of nitro benzene ring substituents is 1. The molecule has 1 amide bonds. The largest absolute Gasteiger partial charge is 0.349 e. The number of carbonyl (C=O) groups is 1. The van der Waals surface area contributed by atoms with Gasteiger partial charge in [-0.2, -0.15) is 11.8 Å². The van der Waals surface area contributed by atoms with Gasteiger partial charge in [0.25, 0.3) is 11.6 Å². The molecule has 110 valence electrons. The maximum Gasteiger partial charge on any atom is 0.295 e. The van der Waals surface area contributed by atoms with Gasteiger partial charge in [-0.15, -0.1) is 0 Å². The van der Waals surface area contributed by atoms with Crippen LogP contribution in [0.4, 0.5) is 11.4 Å². The summed E-state index contributed by atoms with van der Waals surface area (Å²) in [4.78, 5) is 22.3. The molecule has 0 aliphatic rings. The monoisotopic (exact) mass is 318 g/mol. The van der Waals surface area contributed by atoms with Gasteiger partial charge >= 0.3 is 0 Å². The van der Waals surface area contributed by atoms with Gasteiger partial charge in [0.2, 0.25) is 0 Å². The molecule has 1 aromatic rings. The van der Waals surface area contributed by atoms with Crippen LogP contribution in [0.3, 0.4) is 0 Å². The van der Waals surface area contributed by atoms with Gasteiger partial charge in [0.15, 0.2) is 0 Å². The number of nitrogen functional groups attached to an aromatic ring is 1. The Morgan fingerprint density at radius 2 is 2.25 bits per heavy atom. The topological polar surface area (TPSA) is 110 Å². The van der Waals surface area contributed by atoms with Gasteiger partial charge in [-0.25, -0.2) is 0 Å². The van der Waals surface area contributed by atoms with Crippen LogP contribution in [-0.4, -0.2) is 28.9 Å². The van der Waals surface area contributed by atoms with Crippen molar-refractivity contribution in [2.45, 2.75) is 13.0 Å². The highest BCUT2D eigenvalue weighted by Crippen LogP contribution is 2.32. The molecule has 0 spiro atoms. The van der Waals surface area contributed by atoms with Crippen LogP contribution >= 0.6 is 23.4 Å². The van der Waals surface area contributed by atoms with Crippen molar-refractivity contribution in [2.24, 2.45) is 5.84 Å². The molecule has 0 fully saturated rings. The zero-order valence-corrected chi connectivity index (χ0v) is 12.5. The van der Waals surface area contributed by atoms with Crippen molar-refractivity contribution in [3.05, 3.63) is 32.8 Å². The summed E-state index contributed by atoms with van der Waals surface area (Å²) in [5.74, 6) is 5.52. The van der Waals surface area contributed by atoms with Gasteiger partial charge in [-0.05, 0) is 19.2 Å². The number of carbonyl (C=O) groups excluding carboxylic acids is 1. The van der Waals surface area contributed by atoms with Gasteiger partial charge in [0.1, 0.15) is 5.69 Å². The fourth-order valence-corrected chi connectivity index (χ4v) is 2.46. The van der Waals surface area contributed by atoms with Crippen LogP contribution < -0.4 is 16.6 Å². The van der Waals surface area contributed by atoms with E-state index in [-0.39, 0.29) is 28.0 Å². The van der Waals surface area contributed by atoms with Crippen LogP contribution in [0.2, 0.25) is 5.02 Å². The van der Waals surface area contributed by atoms with E-state index in [1.165, 1.54) is 6.07 Å². The summed E-state index contributed by atoms with van der Waals surface area (Å²) in [5, 5.41) is 13.7. The van der Waals surface area contributed by atoms with Crippen molar-refractivity contribution >= 4 is 40.6 Å². The normalized spacial score (nSPS) is 11.8. The van der Waals surface area contributed by atoms with Crippen LogP contribution in [0.25, 0.3) is 0 Å². The quantitative estimate of drug-likeness (QED) is 0.420. The Balaban J connectivity index is 3.08. The van der Waals surface area contributed by atoms with Crippen molar-refractivity contribution < 1.29 is 9.72 Å². The molecule has 0 aliphatic heterocycles. The molecule has 4 N–H and O–H groups in total. The second kappa shape index (κ2) is 7.32. The Labute approximate surface area is 125 Å². The summed E-state index contributed by atoms with van der Waals surface area (Å²) >= 11 is 7.48. The molecule has 0 aromatic heterocycles. The van der Waals surface area contributed by atoms with E-state index in [4.69, 9.17) is 17.4 Å². The van der Waals surface area contributed by atoms with E-state index >= 15 is 0 Å². The van der Waals surface area contributed by atoms with Crippen molar-refractivity contribution in [1.29, 1.82) is 0 Å². The first-order valence-electron chi connectivity index (χ1n) is 5.65. The minimum absolute atomic E-state index is 0.0179. The van der Waals surface area contributed by atoms with E-state index in [0.29, 0.717) is 0 Å². The summed E-state index contributed by atoms with van der Waals surface area (Å²) in [6, 6.07) is 2.43. The number of hydrogen-bond acceptors (Lipinski definition) is 6. The van der Waals surface area contributed by atoms with Crippen molar-refractivity contribution in [3.8, 4) is 0 Å². The first kappa shape index (κ1) is 16.5. The zero-order valence-electron chi connectivity index (χ0n) is 11.0. The molecule has 0 heterocycles. The maximum absolute atomic E-state index is 12.0. The summed E-state index contributed by atoms with van der Waals surface area (Å²) in [6.45, 7) is 1.85. The molecule has 1 aromatic carbocycles. The number of rotatable bonds is 6. The standard InChI is InChI=1S/C11H15ClN4O3S/c1-6(5-20-2)14-11(17)7-3-8(12)10(15-13)9(4-7)16(18)19/h3-4,6,15H,5,13H2,1-2H3,(H,14,17). The van der Waals surface area contributed by atoms with Gasteiger partial charge in [-0.1, -0.05) is 11.6 Å². The van der Waals surface area contributed by atoms with Crippen LogP contribution in [-0.2, 0) is 0 Å². The number of hydrazine groups is 1. The smallest absolute Gasteiger partial charge is 0.295 e. The number of benzene rings is 1. The molecular formula is C11H15ClN4O3S. The van der Waals surface area contributed by atoms with Crippen molar-refractivity contribution in [2.75, 3.05) is 17.4 Å². The summed E-state index contributed by atoms with van der Waals surface area (Å²) in [5.41, 5.74) is 1.92. The summed E-state index contributed by atoms with van der Waals surface area (Å²) in [6.07, 6.45) is 1.92. The second-order valence-electron chi connectivity index (χ2n) is 4.08. The molecule has 0 bridgehead atoms. The first-order valence-corrected chi connectivity index (χ1v) is 7.42. The number of amides is 1. The van der Waals surface area contributed by atoms with Gasteiger partial charge in [0, 0.05) is 23.4 Å². The summed E-state index contributed by atoms with van der Waals surface area (Å²) < 4.78 is 0. The van der Waals surface area contributed by atoms with E-state index in [2.05, 4.69) is 10.7 Å². The third-order valence-electron chi connectivity index (χ3n) is 2.47. The highest BCUT2D eigenvalue weighted by Gasteiger charge is 2.21. The molecule has 0 saturated carbocycles. The summed E-state index contributed by atoms with van der Waals surface area (Å²) in [7, 11) is 0. The number of nitrogens with two attached hydrogens (primary N) is 1. The molecule has 1 unspecified atom stereocenters. The molecule has 1 rings (SSSR count). The molecule has 20 heavy (non-hydrogen) atoms. The van der Waals surface area contributed by atoms with Crippen LogP contribution in [0.1, 0.15) is 17.3 Å². The minimum Gasteiger partial charge on any atom is -0.349 e. The fourth-order valence-electron chi connectivity index (χ4n) is 1.61. The highest BCUT2D eigenvalue weighted by molar-refractivity contribution is 7.98. The van der Waals surface area contributed by atoms with E-state index in [9.17, 15) is 14.9 Å².